The molecule has 4 nitrogen and oxygen atoms in total. The summed E-state index contributed by atoms with van der Waals surface area (Å²) in [6.07, 6.45) is 2.39. The second-order valence-corrected chi connectivity index (χ2v) is 4.78. The van der Waals surface area contributed by atoms with E-state index < -0.39 is 0 Å². The van der Waals surface area contributed by atoms with Crippen LogP contribution in [0, 0.1) is 5.82 Å². The molecule has 5 heteroatoms. The molecule has 19 heavy (non-hydrogen) atoms. The van der Waals surface area contributed by atoms with E-state index in [2.05, 4.69) is 5.32 Å². The number of aliphatic hydroxyl groups excluding tert-OH is 1. The van der Waals surface area contributed by atoms with Crippen LogP contribution in [0.1, 0.15) is 18.4 Å². The van der Waals surface area contributed by atoms with Crippen molar-refractivity contribution in [2.24, 2.45) is 0 Å². The van der Waals surface area contributed by atoms with Crippen LogP contribution in [0.25, 0.3) is 0 Å². The van der Waals surface area contributed by atoms with Gasteiger partial charge in [0.2, 0.25) is 0 Å². The van der Waals surface area contributed by atoms with Gasteiger partial charge in [0.15, 0.2) is 0 Å². The number of carbonyl (C=O) groups excluding carboxylic acids is 1. The van der Waals surface area contributed by atoms with Gasteiger partial charge in [0.1, 0.15) is 5.82 Å². The predicted molar refractivity (Wildman–Crippen MR) is 70.3 cm³/mol. The molecule has 1 aliphatic rings. The van der Waals surface area contributed by atoms with Gasteiger partial charge >= 0.3 is 6.03 Å². The molecule has 0 aromatic heterocycles. The summed E-state index contributed by atoms with van der Waals surface area (Å²) in [6.45, 7) is 1.17. The molecule has 0 radical (unpaired) electrons. The van der Waals surface area contributed by atoms with Gasteiger partial charge in [-0.15, -0.1) is 0 Å². The zero-order chi connectivity index (χ0) is 13.7. The highest BCUT2D eigenvalue weighted by Gasteiger charge is 2.27. The largest absolute Gasteiger partial charge is 0.394 e. The molecular formula is C14H19FN2O2. The maximum atomic E-state index is 13.0. The van der Waals surface area contributed by atoms with Crippen LogP contribution in [0.3, 0.4) is 0 Å². The Labute approximate surface area is 112 Å². The molecule has 1 unspecified atom stereocenters. The number of likely N-dealkylation sites (tertiary alicyclic amines) is 1. The third-order valence-corrected chi connectivity index (χ3v) is 3.43. The van der Waals surface area contributed by atoms with Gasteiger partial charge in [-0.1, -0.05) is 12.1 Å². The van der Waals surface area contributed by atoms with Crippen molar-refractivity contribution in [3.8, 4) is 0 Å². The summed E-state index contributed by atoms with van der Waals surface area (Å²) >= 11 is 0. The zero-order valence-electron chi connectivity index (χ0n) is 10.8. The molecule has 0 bridgehead atoms. The first-order chi connectivity index (χ1) is 9.20. The zero-order valence-corrected chi connectivity index (χ0v) is 10.8. The third-order valence-electron chi connectivity index (χ3n) is 3.43. The molecule has 1 saturated heterocycles. The molecule has 2 N–H and O–H groups in total. The van der Waals surface area contributed by atoms with Gasteiger partial charge in [0.05, 0.1) is 12.6 Å². The number of rotatable bonds is 4. The summed E-state index contributed by atoms with van der Waals surface area (Å²) in [7, 11) is 0. The monoisotopic (exact) mass is 266 g/mol. The Kier molecular flexibility index (Phi) is 4.74. The molecule has 0 spiro atoms. The number of nitrogens with zero attached hydrogens (tertiary/aromatic N) is 1. The highest BCUT2D eigenvalue weighted by molar-refractivity contribution is 5.74. The number of benzene rings is 1. The van der Waals surface area contributed by atoms with Gasteiger partial charge in [0.25, 0.3) is 0 Å². The Bertz CT molecular complexity index is 439. The molecule has 1 aromatic carbocycles. The predicted octanol–water partition coefficient (Wildman–Crippen LogP) is 1.53. The van der Waals surface area contributed by atoms with E-state index in [9.17, 15) is 9.18 Å². The van der Waals surface area contributed by atoms with Gasteiger partial charge < -0.3 is 15.3 Å². The van der Waals surface area contributed by atoms with E-state index in [1.807, 2.05) is 6.07 Å². The van der Waals surface area contributed by atoms with E-state index in [0.717, 1.165) is 18.4 Å². The second-order valence-electron chi connectivity index (χ2n) is 4.78. The van der Waals surface area contributed by atoms with E-state index in [1.54, 1.807) is 11.0 Å². The lowest BCUT2D eigenvalue weighted by atomic mass is 10.1. The molecule has 1 aromatic rings. The number of aliphatic hydroxyl groups is 1. The topological polar surface area (TPSA) is 52.6 Å². The number of urea groups is 1. The number of nitrogens with one attached hydrogen (secondary N) is 1. The van der Waals surface area contributed by atoms with Crippen molar-refractivity contribution in [1.82, 2.24) is 10.2 Å². The second kappa shape index (κ2) is 6.52. The first kappa shape index (κ1) is 13.8. The lowest BCUT2D eigenvalue weighted by Gasteiger charge is -2.23. The number of carbonyl (C=O) groups is 1. The van der Waals surface area contributed by atoms with Crippen molar-refractivity contribution in [2.75, 3.05) is 19.7 Å². The van der Waals surface area contributed by atoms with Crippen LogP contribution < -0.4 is 5.32 Å². The molecule has 2 rings (SSSR count). The van der Waals surface area contributed by atoms with E-state index in [0.29, 0.717) is 19.5 Å². The summed E-state index contributed by atoms with van der Waals surface area (Å²) in [5.74, 6) is -0.260. The average molecular weight is 266 g/mol. The molecule has 1 atom stereocenters. The van der Waals surface area contributed by atoms with Crippen molar-refractivity contribution in [3.05, 3.63) is 35.6 Å². The van der Waals surface area contributed by atoms with Gasteiger partial charge in [-0.2, -0.15) is 0 Å². The molecule has 2 amide bonds. The lowest BCUT2D eigenvalue weighted by molar-refractivity contribution is 0.157. The number of amides is 2. The molecule has 1 heterocycles. The van der Waals surface area contributed by atoms with E-state index in [1.165, 1.54) is 12.1 Å². The molecule has 0 saturated carbocycles. The van der Waals surface area contributed by atoms with Gasteiger partial charge in [-0.25, -0.2) is 9.18 Å². The van der Waals surface area contributed by atoms with Crippen LogP contribution in [0.15, 0.2) is 24.3 Å². The van der Waals surface area contributed by atoms with Crippen molar-refractivity contribution in [1.29, 1.82) is 0 Å². The summed E-state index contributed by atoms with van der Waals surface area (Å²) < 4.78 is 13.0. The number of hydrogen-bond donors (Lipinski definition) is 2. The van der Waals surface area contributed by atoms with Crippen LogP contribution >= 0.6 is 0 Å². The fourth-order valence-corrected chi connectivity index (χ4v) is 2.40. The summed E-state index contributed by atoms with van der Waals surface area (Å²) in [4.78, 5) is 13.6. The molecule has 1 aliphatic heterocycles. The Morgan fingerprint density at radius 3 is 3.11 bits per heavy atom. The van der Waals surface area contributed by atoms with Crippen molar-refractivity contribution in [3.63, 3.8) is 0 Å². The molecule has 1 fully saturated rings. The minimum atomic E-state index is -0.260. The highest BCUT2D eigenvalue weighted by Crippen LogP contribution is 2.16. The van der Waals surface area contributed by atoms with E-state index >= 15 is 0 Å². The summed E-state index contributed by atoms with van der Waals surface area (Å²) in [5.41, 5.74) is 0.862. The fraction of sp³-hybridized carbons (Fsp3) is 0.500. The van der Waals surface area contributed by atoms with Crippen molar-refractivity contribution in [2.45, 2.75) is 25.3 Å². The SMILES string of the molecule is O=C(NCCc1cccc(F)c1)N1CCCC1CO. The summed E-state index contributed by atoms with van der Waals surface area (Å²) in [5, 5.41) is 12.0. The Balaban J connectivity index is 1.78. The molecule has 104 valence electrons. The first-order valence-electron chi connectivity index (χ1n) is 6.60. The van der Waals surface area contributed by atoms with Gasteiger partial charge in [-0.05, 0) is 37.0 Å². The number of halogens is 1. The average Bonchev–Trinajstić information content (AvgIpc) is 2.87. The minimum Gasteiger partial charge on any atom is -0.394 e. The third kappa shape index (κ3) is 3.67. The van der Waals surface area contributed by atoms with Gasteiger partial charge in [-0.3, -0.25) is 0 Å². The Hall–Kier alpha value is -1.62. The highest BCUT2D eigenvalue weighted by atomic mass is 19.1. The maximum absolute atomic E-state index is 13.0. The maximum Gasteiger partial charge on any atom is 0.317 e. The lowest BCUT2D eigenvalue weighted by Crippen LogP contribution is -2.44. The van der Waals surface area contributed by atoms with E-state index in [-0.39, 0.29) is 24.5 Å². The Morgan fingerprint density at radius 2 is 2.37 bits per heavy atom. The first-order valence-corrected chi connectivity index (χ1v) is 6.60. The van der Waals surface area contributed by atoms with Crippen molar-refractivity contribution < 1.29 is 14.3 Å². The van der Waals surface area contributed by atoms with Gasteiger partial charge in [0, 0.05) is 13.1 Å². The van der Waals surface area contributed by atoms with Crippen LogP contribution in [-0.4, -0.2) is 41.8 Å². The van der Waals surface area contributed by atoms with Crippen LogP contribution in [0.5, 0.6) is 0 Å². The van der Waals surface area contributed by atoms with Crippen LogP contribution in [0.2, 0.25) is 0 Å². The normalized spacial score (nSPS) is 18.6. The Morgan fingerprint density at radius 1 is 1.53 bits per heavy atom. The standard InChI is InChI=1S/C14H19FN2O2/c15-12-4-1-3-11(9-12)6-7-16-14(19)17-8-2-5-13(17)10-18/h1,3-4,9,13,18H,2,5-8,10H2,(H,16,19). The fourth-order valence-electron chi connectivity index (χ4n) is 2.40. The number of hydrogen-bond acceptors (Lipinski definition) is 2. The van der Waals surface area contributed by atoms with Crippen LogP contribution in [0.4, 0.5) is 9.18 Å². The molecule has 0 aliphatic carbocycles. The summed E-state index contributed by atoms with van der Waals surface area (Å²) in [6, 6.07) is 6.16. The van der Waals surface area contributed by atoms with Crippen LogP contribution in [-0.2, 0) is 6.42 Å². The van der Waals surface area contributed by atoms with Crippen molar-refractivity contribution >= 4 is 6.03 Å². The molecular weight excluding hydrogens is 247 g/mol. The smallest absolute Gasteiger partial charge is 0.317 e. The minimum absolute atomic E-state index is 0.0112. The quantitative estimate of drug-likeness (QED) is 0.868. The van der Waals surface area contributed by atoms with E-state index in [4.69, 9.17) is 5.11 Å².